The minimum atomic E-state index is 0.214. The lowest BCUT2D eigenvalue weighted by atomic mass is 9.96. The van der Waals surface area contributed by atoms with E-state index < -0.39 is 0 Å². The smallest absolute Gasteiger partial charge is 0.227 e. The third-order valence-corrected chi connectivity index (χ3v) is 5.70. The van der Waals surface area contributed by atoms with Crippen molar-refractivity contribution in [1.82, 2.24) is 19.9 Å². The molecule has 0 unspecified atom stereocenters. The highest BCUT2D eigenvalue weighted by molar-refractivity contribution is 5.93. The molecule has 2 N–H and O–H groups in total. The Morgan fingerprint density at radius 2 is 2.08 bits per heavy atom. The van der Waals surface area contributed by atoms with Crippen molar-refractivity contribution in [1.29, 1.82) is 0 Å². The van der Waals surface area contributed by atoms with Gasteiger partial charge in [-0.2, -0.15) is 0 Å². The number of nitrogens with zero attached hydrogens (tertiary/aromatic N) is 2. The van der Waals surface area contributed by atoms with Crippen molar-refractivity contribution >= 4 is 16.8 Å². The minimum absolute atomic E-state index is 0.214. The normalized spacial score (nSPS) is 17.8. The number of piperidine rings is 1. The first-order chi connectivity index (χ1) is 12.5. The molecule has 0 saturated carbocycles. The zero-order valence-corrected chi connectivity index (χ0v) is 15.7. The third-order valence-electron chi connectivity index (χ3n) is 5.70. The minimum Gasteiger partial charge on any atom is -0.358 e. The van der Waals surface area contributed by atoms with Crippen LogP contribution in [0.2, 0.25) is 0 Å². The van der Waals surface area contributed by atoms with Crippen molar-refractivity contribution in [3.63, 3.8) is 0 Å². The van der Waals surface area contributed by atoms with Crippen LogP contribution in [0.25, 0.3) is 10.9 Å². The van der Waals surface area contributed by atoms with Gasteiger partial charge in [0.15, 0.2) is 0 Å². The van der Waals surface area contributed by atoms with Gasteiger partial charge < -0.3 is 14.9 Å². The topological polar surface area (TPSA) is 64.8 Å². The Morgan fingerprint density at radius 1 is 1.27 bits per heavy atom. The number of fused-ring (bicyclic) bond motifs is 1. The molecular weight excluding hydrogens is 324 g/mol. The number of aryl methyl sites for hydroxylation is 3. The molecule has 2 aromatic heterocycles. The van der Waals surface area contributed by atoms with Gasteiger partial charge in [-0.1, -0.05) is 12.1 Å². The van der Waals surface area contributed by atoms with E-state index in [0.717, 1.165) is 48.5 Å². The molecule has 4 rings (SSSR count). The number of aromatic nitrogens is 3. The monoisotopic (exact) mass is 350 g/mol. The second-order valence-electron chi connectivity index (χ2n) is 7.51. The fraction of sp³-hybridized carbons (Fsp3) is 0.429. The van der Waals surface area contributed by atoms with Crippen molar-refractivity contribution < 1.29 is 4.79 Å². The van der Waals surface area contributed by atoms with E-state index >= 15 is 0 Å². The van der Waals surface area contributed by atoms with E-state index in [0.29, 0.717) is 12.3 Å². The van der Waals surface area contributed by atoms with E-state index in [1.54, 1.807) is 6.20 Å². The Morgan fingerprint density at radius 3 is 2.85 bits per heavy atom. The van der Waals surface area contributed by atoms with Gasteiger partial charge in [0.25, 0.3) is 0 Å². The zero-order chi connectivity index (χ0) is 18.3. The molecule has 136 valence electrons. The second-order valence-corrected chi connectivity index (χ2v) is 7.51. The number of hydrogen-bond donors (Lipinski definition) is 2. The quantitative estimate of drug-likeness (QED) is 0.755. The largest absolute Gasteiger partial charge is 0.358 e. The molecule has 5 nitrogen and oxygen atoms in total. The molecule has 1 atom stereocenters. The van der Waals surface area contributed by atoms with E-state index in [-0.39, 0.29) is 5.91 Å². The number of likely N-dealkylation sites (tertiary alicyclic amines) is 1. The summed E-state index contributed by atoms with van der Waals surface area (Å²) in [7, 11) is 0. The second kappa shape index (κ2) is 6.63. The SMILES string of the molecule is Cc1[nH]c2c(C)ccc(C)c2c1CC(=O)N1CCC[C@@H](c2ncc[nH]2)C1. The van der Waals surface area contributed by atoms with Gasteiger partial charge in [0.1, 0.15) is 5.82 Å². The van der Waals surface area contributed by atoms with Gasteiger partial charge in [-0.05, 0) is 50.3 Å². The van der Waals surface area contributed by atoms with E-state index in [9.17, 15) is 4.79 Å². The molecule has 0 radical (unpaired) electrons. The van der Waals surface area contributed by atoms with E-state index in [4.69, 9.17) is 0 Å². The molecule has 1 aliphatic heterocycles. The predicted octanol–water partition coefficient (Wildman–Crippen LogP) is 3.76. The predicted molar refractivity (Wildman–Crippen MR) is 103 cm³/mol. The van der Waals surface area contributed by atoms with Crippen molar-refractivity contribution in [2.24, 2.45) is 0 Å². The molecule has 1 saturated heterocycles. The van der Waals surface area contributed by atoms with Crippen LogP contribution in [0.3, 0.4) is 0 Å². The van der Waals surface area contributed by atoms with Crippen LogP contribution in [-0.4, -0.2) is 38.8 Å². The lowest BCUT2D eigenvalue weighted by Gasteiger charge is -2.32. The van der Waals surface area contributed by atoms with Crippen LogP contribution in [0.4, 0.5) is 0 Å². The number of carbonyl (C=O) groups is 1. The standard InChI is InChI=1S/C21H26N4O/c1-13-6-7-14(2)20-19(13)17(15(3)24-20)11-18(26)25-10-4-5-16(12-25)21-22-8-9-23-21/h6-9,16,24H,4-5,10-12H2,1-3H3,(H,22,23)/t16-/m1/s1. The molecule has 26 heavy (non-hydrogen) atoms. The fourth-order valence-electron chi connectivity index (χ4n) is 4.22. The number of nitrogens with one attached hydrogen (secondary N) is 2. The summed E-state index contributed by atoms with van der Waals surface area (Å²) in [5, 5.41) is 1.22. The molecular formula is C21H26N4O. The van der Waals surface area contributed by atoms with Crippen LogP contribution in [0, 0.1) is 20.8 Å². The highest BCUT2D eigenvalue weighted by Gasteiger charge is 2.27. The van der Waals surface area contributed by atoms with E-state index in [2.05, 4.69) is 47.9 Å². The molecule has 1 aliphatic rings. The number of carbonyl (C=O) groups excluding carboxylic acids is 1. The summed E-state index contributed by atoms with van der Waals surface area (Å²) in [4.78, 5) is 26.2. The first-order valence-corrected chi connectivity index (χ1v) is 9.39. The lowest BCUT2D eigenvalue weighted by molar-refractivity contribution is -0.131. The Kier molecular flexibility index (Phi) is 4.31. The molecule has 0 spiro atoms. The van der Waals surface area contributed by atoms with Crippen LogP contribution in [-0.2, 0) is 11.2 Å². The average molecular weight is 350 g/mol. The van der Waals surface area contributed by atoms with Crippen LogP contribution in [0.1, 0.15) is 47.0 Å². The van der Waals surface area contributed by atoms with Gasteiger partial charge in [-0.3, -0.25) is 4.79 Å². The highest BCUT2D eigenvalue weighted by Crippen LogP contribution is 2.30. The van der Waals surface area contributed by atoms with Crippen LogP contribution >= 0.6 is 0 Å². The van der Waals surface area contributed by atoms with Gasteiger partial charge in [0.05, 0.1) is 6.42 Å². The first kappa shape index (κ1) is 16.9. The molecule has 3 aromatic rings. The van der Waals surface area contributed by atoms with Crippen molar-refractivity contribution in [3.05, 3.63) is 52.7 Å². The van der Waals surface area contributed by atoms with Crippen molar-refractivity contribution in [3.8, 4) is 0 Å². The number of rotatable bonds is 3. The Hall–Kier alpha value is -2.56. The molecule has 1 amide bonds. The maximum atomic E-state index is 13.1. The number of hydrogen-bond acceptors (Lipinski definition) is 2. The molecule has 1 fully saturated rings. The summed E-state index contributed by atoms with van der Waals surface area (Å²) in [5.74, 6) is 1.53. The molecule has 0 aliphatic carbocycles. The van der Waals surface area contributed by atoms with Gasteiger partial charge in [-0.25, -0.2) is 4.98 Å². The van der Waals surface area contributed by atoms with Crippen molar-refractivity contribution in [2.75, 3.05) is 13.1 Å². The summed E-state index contributed by atoms with van der Waals surface area (Å²) >= 11 is 0. The summed E-state index contributed by atoms with van der Waals surface area (Å²) in [6.07, 6.45) is 6.22. The Bertz CT molecular complexity index is 939. The summed E-state index contributed by atoms with van der Waals surface area (Å²) in [6.45, 7) is 7.91. The van der Waals surface area contributed by atoms with Gasteiger partial charge >= 0.3 is 0 Å². The lowest BCUT2D eigenvalue weighted by Crippen LogP contribution is -2.40. The number of imidazole rings is 1. The number of aromatic amines is 2. The number of amides is 1. The van der Waals surface area contributed by atoms with Gasteiger partial charge in [-0.15, -0.1) is 0 Å². The van der Waals surface area contributed by atoms with Crippen molar-refractivity contribution in [2.45, 2.75) is 46.0 Å². The summed E-state index contributed by atoms with van der Waals surface area (Å²) < 4.78 is 0. The zero-order valence-electron chi connectivity index (χ0n) is 15.7. The Balaban J connectivity index is 1.58. The maximum Gasteiger partial charge on any atom is 0.227 e. The summed E-state index contributed by atoms with van der Waals surface area (Å²) in [5.41, 5.74) is 5.86. The van der Waals surface area contributed by atoms with Gasteiger partial charge in [0, 0.05) is 48.0 Å². The number of benzene rings is 1. The molecule has 5 heteroatoms. The van der Waals surface area contributed by atoms with Crippen LogP contribution in [0.5, 0.6) is 0 Å². The number of H-pyrrole nitrogens is 2. The third kappa shape index (κ3) is 2.91. The first-order valence-electron chi connectivity index (χ1n) is 9.39. The molecule has 1 aromatic carbocycles. The highest BCUT2D eigenvalue weighted by atomic mass is 16.2. The average Bonchev–Trinajstić information content (AvgIpc) is 3.28. The molecule has 3 heterocycles. The Labute approximate surface area is 153 Å². The maximum absolute atomic E-state index is 13.1. The van der Waals surface area contributed by atoms with E-state index in [1.807, 2.05) is 11.1 Å². The van der Waals surface area contributed by atoms with E-state index in [1.165, 1.54) is 16.5 Å². The van der Waals surface area contributed by atoms with Crippen LogP contribution in [0.15, 0.2) is 24.5 Å². The van der Waals surface area contributed by atoms with Gasteiger partial charge in [0.2, 0.25) is 5.91 Å². The molecule has 0 bridgehead atoms. The van der Waals surface area contributed by atoms with Crippen LogP contribution < -0.4 is 0 Å². The fourth-order valence-corrected chi connectivity index (χ4v) is 4.22. The summed E-state index contributed by atoms with van der Waals surface area (Å²) in [6, 6.07) is 4.28.